The van der Waals surface area contributed by atoms with Gasteiger partial charge in [-0.1, -0.05) is 68.6 Å². The molecule has 1 nitrogen and oxygen atoms in total. The maximum absolute atomic E-state index is 12.8. The predicted molar refractivity (Wildman–Crippen MR) is 83.4 cm³/mol. The molecule has 0 heterocycles. The van der Waals surface area contributed by atoms with Gasteiger partial charge in [-0.25, -0.2) is 0 Å². The molecule has 0 aliphatic carbocycles. The molecule has 2 rings (SSSR count). The lowest BCUT2D eigenvalue weighted by atomic mass is 10.4. The third-order valence-corrected chi connectivity index (χ3v) is 9.41. The van der Waals surface area contributed by atoms with Gasteiger partial charge in [0.25, 0.3) is 0 Å². The highest BCUT2D eigenvalue weighted by molar-refractivity contribution is 7.84. The van der Waals surface area contributed by atoms with Crippen LogP contribution in [0.5, 0.6) is 0 Å². The fourth-order valence-electron chi connectivity index (χ4n) is 1.99. The summed E-state index contributed by atoms with van der Waals surface area (Å²) in [6.07, 6.45) is 0. The van der Waals surface area contributed by atoms with Gasteiger partial charge in [0.1, 0.15) is 7.14 Å². The Hall–Kier alpha value is -0.900. The van der Waals surface area contributed by atoms with Crippen LogP contribution in [0.3, 0.4) is 0 Å². The SMILES string of the molecule is CP(CP(C)(=O)c1ccccc1)c1ccccc1. The van der Waals surface area contributed by atoms with Gasteiger partial charge in [0.2, 0.25) is 0 Å². The Morgan fingerprint density at radius 2 is 1.44 bits per heavy atom. The van der Waals surface area contributed by atoms with Gasteiger partial charge in [-0.3, -0.25) is 0 Å². The maximum atomic E-state index is 12.8. The van der Waals surface area contributed by atoms with Gasteiger partial charge in [-0.15, -0.1) is 0 Å². The molecule has 0 spiro atoms. The summed E-state index contributed by atoms with van der Waals surface area (Å²) in [6, 6.07) is 20.3. The average Bonchev–Trinajstić information content (AvgIpc) is 2.40. The highest BCUT2D eigenvalue weighted by Crippen LogP contribution is 2.51. The molecule has 2 unspecified atom stereocenters. The van der Waals surface area contributed by atoms with Crippen LogP contribution in [-0.2, 0) is 4.57 Å². The summed E-state index contributed by atoms with van der Waals surface area (Å²) in [5.41, 5.74) is 0. The predicted octanol–water partition coefficient (Wildman–Crippen LogP) is 3.70. The van der Waals surface area contributed by atoms with Crippen molar-refractivity contribution in [2.75, 3.05) is 19.2 Å². The molecule has 0 bridgehead atoms. The third kappa shape index (κ3) is 3.31. The minimum Gasteiger partial charge on any atom is -0.319 e. The van der Waals surface area contributed by atoms with Gasteiger partial charge in [-0.2, -0.15) is 0 Å². The second-order valence-electron chi connectivity index (χ2n) is 4.61. The van der Waals surface area contributed by atoms with Crippen molar-refractivity contribution < 1.29 is 4.57 Å². The van der Waals surface area contributed by atoms with Crippen LogP contribution in [0.1, 0.15) is 0 Å². The summed E-state index contributed by atoms with van der Waals surface area (Å²) >= 11 is 0. The first kappa shape index (κ1) is 13.5. The number of hydrogen-bond donors (Lipinski definition) is 0. The first-order valence-corrected chi connectivity index (χ1v) is 10.3. The molecule has 0 aliphatic rings. The van der Waals surface area contributed by atoms with Crippen molar-refractivity contribution >= 4 is 25.7 Å². The molecular formula is C15H18OP2. The van der Waals surface area contributed by atoms with Crippen LogP contribution in [0.25, 0.3) is 0 Å². The second-order valence-corrected chi connectivity index (χ2v) is 10.4. The summed E-state index contributed by atoms with van der Waals surface area (Å²) in [5.74, 6) is 0.788. The Bertz CT molecular complexity index is 537. The van der Waals surface area contributed by atoms with Gasteiger partial charge in [0, 0.05) is 11.2 Å². The molecule has 18 heavy (non-hydrogen) atoms. The maximum Gasteiger partial charge on any atom is 0.117 e. The van der Waals surface area contributed by atoms with Gasteiger partial charge in [0.05, 0.1) is 0 Å². The molecule has 0 radical (unpaired) electrons. The first-order chi connectivity index (χ1) is 8.59. The Morgan fingerprint density at radius 3 is 2.00 bits per heavy atom. The van der Waals surface area contributed by atoms with E-state index in [0.29, 0.717) is 0 Å². The molecule has 0 aliphatic heterocycles. The molecule has 0 amide bonds. The second kappa shape index (κ2) is 5.83. The van der Waals surface area contributed by atoms with E-state index in [9.17, 15) is 4.57 Å². The molecule has 3 heteroatoms. The lowest BCUT2D eigenvalue weighted by Crippen LogP contribution is -2.09. The Balaban J connectivity index is 2.17. The first-order valence-electron chi connectivity index (χ1n) is 5.98. The molecule has 2 aromatic carbocycles. The van der Waals surface area contributed by atoms with Crippen molar-refractivity contribution in [2.45, 2.75) is 0 Å². The van der Waals surface area contributed by atoms with E-state index in [1.165, 1.54) is 5.30 Å². The molecule has 0 aromatic heterocycles. The number of hydrogen-bond acceptors (Lipinski definition) is 1. The van der Waals surface area contributed by atoms with Crippen molar-refractivity contribution in [3.05, 3.63) is 60.7 Å². The fraction of sp³-hybridized carbons (Fsp3) is 0.200. The zero-order valence-electron chi connectivity index (χ0n) is 10.8. The molecule has 0 fully saturated rings. The van der Waals surface area contributed by atoms with Crippen molar-refractivity contribution in [1.82, 2.24) is 0 Å². The van der Waals surface area contributed by atoms with E-state index in [2.05, 4.69) is 30.9 Å². The van der Waals surface area contributed by atoms with Crippen LogP contribution in [0.4, 0.5) is 0 Å². The standard InChI is InChI=1S/C15H18OP2/c1-17(14-9-5-3-6-10-14)13-18(2,16)15-11-7-4-8-12-15/h3-12H,13H2,1-2H3. The Morgan fingerprint density at radius 1 is 0.944 bits per heavy atom. The van der Waals surface area contributed by atoms with Crippen molar-refractivity contribution in [2.24, 2.45) is 0 Å². The van der Waals surface area contributed by atoms with Crippen LogP contribution in [0, 0.1) is 0 Å². The largest absolute Gasteiger partial charge is 0.319 e. The van der Waals surface area contributed by atoms with Gasteiger partial charge < -0.3 is 4.57 Å². The molecule has 0 saturated heterocycles. The third-order valence-electron chi connectivity index (χ3n) is 2.98. The quantitative estimate of drug-likeness (QED) is 0.778. The summed E-state index contributed by atoms with van der Waals surface area (Å²) in [5, 5.41) is 2.32. The van der Waals surface area contributed by atoms with Crippen LogP contribution in [0.15, 0.2) is 60.7 Å². The van der Waals surface area contributed by atoms with E-state index >= 15 is 0 Å². The van der Waals surface area contributed by atoms with Gasteiger partial charge >= 0.3 is 0 Å². The molecule has 2 aromatic rings. The molecule has 0 N–H and O–H groups in total. The van der Waals surface area contributed by atoms with E-state index in [1.54, 1.807) is 0 Å². The van der Waals surface area contributed by atoms with Crippen LogP contribution in [0.2, 0.25) is 0 Å². The van der Waals surface area contributed by atoms with E-state index in [0.717, 1.165) is 11.2 Å². The number of benzene rings is 2. The topological polar surface area (TPSA) is 17.1 Å². The fourth-order valence-corrected chi connectivity index (χ4v) is 8.02. The molecule has 94 valence electrons. The van der Waals surface area contributed by atoms with Crippen LogP contribution < -0.4 is 10.6 Å². The van der Waals surface area contributed by atoms with Gasteiger partial charge in [0.15, 0.2) is 0 Å². The zero-order valence-corrected chi connectivity index (χ0v) is 12.6. The van der Waals surface area contributed by atoms with Crippen molar-refractivity contribution in [3.8, 4) is 0 Å². The molecule has 0 saturated carbocycles. The molecule has 2 atom stereocenters. The van der Waals surface area contributed by atoms with E-state index in [1.807, 2.05) is 43.1 Å². The Labute approximate surface area is 110 Å². The lowest BCUT2D eigenvalue weighted by Gasteiger charge is -2.19. The summed E-state index contributed by atoms with van der Waals surface area (Å²) in [6.45, 7) is 4.12. The minimum absolute atomic E-state index is 0.350. The average molecular weight is 276 g/mol. The summed E-state index contributed by atoms with van der Waals surface area (Å²) in [7, 11) is -2.59. The highest BCUT2D eigenvalue weighted by Gasteiger charge is 2.21. The van der Waals surface area contributed by atoms with E-state index < -0.39 is 7.14 Å². The van der Waals surface area contributed by atoms with E-state index in [-0.39, 0.29) is 7.92 Å². The highest BCUT2D eigenvalue weighted by atomic mass is 31.2. The van der Waals surface area contributed by atoms with Crippen molar-refractivity contribution in [1.29, 1.82) is 0 Å². The zero-order chi connectivity index (χ0) is 13.0. The van der Waals surface area contributed by atoms with Gasteiger partial charge in [-0.05, 0) is 18.6 Å². The summed E-state index contributed by atoms with van der Waals surface area (Å²) < 4.78 is 12.8. The normalized spacial score (nSPS) is 15.9. The minimum atomic E-state index is -2.24. The van der Waals surface area contributed by atoms with E-state index in [4.69, 9.17) is 0 Å². The lowest BCUT2D eigenvalue weighted by molar-refractivity contribution is 0.587. The monoisotopic (exact) mass is 276 g/mol. The van der Waals surface area contributed by atoms with Crippen molar-refractivity contribution in [3.63, 3.8) is 0 Å². The molecular weight excluding hydrogens is 258 g/mol. The summed E-state index contributed by atoms with van der Waals surface area (Å²) in [4.78, 5) is 0. The van der Waals surface area contributed by atoms with Crippen LogP contribution >= 0.6 is 15.1 Å². The Kier molecular flexibility index (Phi) is 4.38. The smallest absolute Gasteiger partial charge is 0.117 e. The van der Waals surface area contributed by atoms with Crippen LogP contribution in [-0.4, -0.2) is 19.2 Å². The number of rotatable bonds is 4.